The second-order valence-corrected chi connectivity index (χ2v) is 12.5. The Kier molecular flexibility index (Phi) is 7.60. The van der Waals surface area contributed by atoms with E-state index in [1.807, 2.05) is 90.6 Å². The van der Waals surface area contributed by atoms with Crippen molar-refractivity contribution in [1.82, 2.24) is 9.80 Å². The highest BCUT2D eigenvalue weighted by molar-refractivity contribution is 6.30. The van der Waals surface area contributed by atoms with Gasteiger partial charge in [0.05, 0.1) is 12.2 Å². The van der Waals surface area contributed by atoms with Crippen molar-refractivity contribution in [2.75, 3.05) is 27.2 Å². The number of carbonyl (C=O) groups is 1. The molecule has 1 heterocycles. The lowest BCUT2D eigenvalue weighted by Crippen LogP contribution is -2.47. The third-order valence-corrected chi connectivity index (χ3v) is 8.77. The molecule has 1 aliphatic heterocycles. The van der Waals surface area contributed by atoms with E-state index in [1.54, 1.807) is 6.92 Å². The van der Waals surface area contributed by atoms with Gasteiger partial charge >= 0.3 is 0 Å². The van der Waals surface area contributed by atoms with Crippen molar-refractivity contribution in [3.63, 3.8) is 0 Å². The SMILES string of the molecule is CCC1(COC2(c3ccc(Cl)cc3)c3ccc(C(C)(O)CN(C)C)cc3C(=O)N2Cc2ccc(Cl)cc2)CC1. The van der Waals surface area contributed by atoms with Gasteiger partial charge in [0.1, 0.15) is 0 Å². The van der Waals surface area contributed by atoms with Gasteiger partial charge in [-0.05, 0) is 87.2 Å². The summed E-state index contributed by atoms with van der Waals surface area (Å²) in [7, 11) is 3.84. The number of hydrogen-bond acceptors (Lipinski definition) is 4. The molecule has 0 bridgehead atoms. The Morgan fingerprint density at radius 3 is 2.18 bits per heavy atom. The summed E-state index contributed by atoms with van der Waals surface area (Å²) in [6, 6.07) is 20.8. The highest BCUT2D eigenvalue weighted by atomic mass is 35.5. The van der Waals surface area contributed by atoms with Gasteiger partial charge in [-0.2, -0.15) is 0 Å². The van der Waals surface area contributed by atoms with Crippen LogP contribution in [0.2, 0.25) is 10.0 Å². The highest BCUT2D eigenvalue weighted by Crippen LogP contribution is 2.53. The molecule has 1 fully saturated rings. The quantitative estimate of drug-likeness (QED) is 0.292. The number of fused-ring (bicyclic) bond motifs is 1. The molecule has 0 radical (unpaired) electrons. The topological polar surface area (TPSA) is 53.0 Å². The Morgan fingerprint density at radius 2 is 1.62 bits per heavy atom. The zero-order valence-corrected chi connectivity index (χ0v) is 24.5. The number of nitrogens with zero attached hydrogens (tertiary/aromatic N) is 2. The predicted octanol–water partition coefficient (Wildman–Crippen LogP) is 6.83. The van der Waals surface area contributed by atoms with Crippen molar-refractivity contribution in [2.45, 2.75) is 51.0 Å². The zero-order valence-electron chi connectivity index (χ0n) is 23.0. The molecular weight excluding hydrogens is 531 g/mol. The lowest BCUT2D eigenvalue weighted by molar-refractivity contribution is -0.125. The first-order chi connectivity index (χ1) is 18.5. The van der Waals surface area contributed by atoms with E-state index >= 15 is 0 Å². The van der Waals surface area contributed by atoms with E-state index in [0.29, 0.717) is 40.9 Å². The lowest BCUT2D eigenvalue weighted by Gasteiger charge is -2.40. The monoisotopic (exact) mass is 566 g/mol. The predicted molar refractivity (Wildman–Crippen MR) is 156 cm³/mol. The summed E-state index contributed by atoms with van der Waals surface area (Å²) >= 11 is 12.5. The number of likely N-dealkylation sites (N-methyl/N-ethyl adjacent to an activating group) is 1. The molecule has 0 aromatic heterocycles. The van der Waals surface area contributed by atoms with Gasteiger partial charge in [-0.3, -0.25) is 9.69 Å². The minimum absolute atomic E-state index is 0.131. The molecule has 1 N–H and O–H groups in total. The van der Waals surface area contributed by atoms with Crippen molar-refractivity contribution in [2.24, 2.45) is 5.41 Å². The zero-order chi connectivity index (χ0) is 28.0. The van der Waals surface area contributed by atoms with Gasteiger partial charge in [-0.15, -0.1) is 0 Å². The van der Waals surface area contributed by atoms with Crippen LogP contribution in [0, 0.1) is 5.41 Å². The van der Waals surface area contributed by atoms with Crippen LogP contribution in [0.25, 0.3) is 0 Å². The van der Waals surface area contributed by atoms with Gasteiger partial charge in [0.15, 0.2) is 5.72 Å². The smallest absolute Gasteiger partial charge is 0.257 e. The third kappa shape index (κ3) is 5.36. The fourth-order valence-corrected chi connectivity index (χ4v) is 5.96. The van der Waals surface area contributed by atoms with Gasteiger partial charge < -0.3 is 14.7 Å². The lowest BCUT2D eigenvalue weighted by atomic mass is 9.88. The molecule has 39 heavy (non-hydrogen) atoms. The fourth-order valence-electron chi connectivity index (χ4n) is 5.71. The average Bonchev–Trinajstić information content (AvgIpc) is 3.65. The molecule has 1 saturated carbocycles. The van der Waals surface area contributed by atoms with E-state index in [-0.39, 0.29) is 11.3 Å². The molecule has 3 aromatic rings. The number of aliphatic hydroxyl groups is 1. The van der Waals surface area contributed by atoms with E-state index in [4.69, 9.17) is 27.9 Å². The standard InChI is InChI=1S/C32H36Cl2N2O3/c1-5-31(16-17-31)21-39-32(23-8-13-26(34)14-9-23)28-15-10-24(30(2,38)20-35(3)4)18-27(28)29(37)36(32)19-22-6-11-25(33)12-7-22/h6-15,18,38H,5,16-17,19-21H2,1-4H3. The van der Waals surface area contributed by atoms with Gasteiger partial charge in [0, 0.05) is 39.8 Å². The minimum atomic E-state index is -1.15. The molecule has 206 valence electrons. The number of halogens is 2. The highest BCUT2D eigenvalue weighted by Gasteiger charge is 2.54. The molecule has 5 nitrogen and oxygen atoms in total. The largest absolute Gasteiger partial charge is 0.384 e. The van der Waals surface area contributed by atoms with Crippen LogP contribution in [0.1, 0.15) is 65.7 Å². The third-order valence-electron chi connectivity index (χ3n) is 8.27. The van der Waals surface area contributed by atoms with Crippen LogP contribution >= 0.6 is 23.2 Å². The van der Waals surface area contributed by atoms with Crippen LogP contribution in [-0.2, 0) is 22.6 Å². The summed E-state index contributed by atoms with van der Waals surface area (Å²) in [4.78, 5) is 18.1. The fraction of sp³-hybridized carbons (Fsp3) is 0.406. The maximum Gasteiger partial charge on any atom is 0.257 e. The molecule has 2 atom stereocenters. The number of ether oxygens (including phenoxy) is 1. The van der Waals surface area contributed by atoms with Crippen LogP contribution in [0.5, 0.6) is 0 Å². The van der Waals surface area contributed by atoms with Crippen LogP contribution in [0.3, 0.4) is 0 Å². The van der Waals surface area contributed by atoms with Crippen LogP contribution in [-0.4, -0.2) is 48.1 Å². The van der Waals surface area contributed by atoms with E-state index in [9.17, 15) is 9.90 Å². The van der Waals surface area contributed by atoms with E-state index in [0.717, 1.165) is 36.0 Å². The Hall–Kier alpha value is -2.41. The first-order valence-electron chi connectivity index (χ1n) is 13.5. The second kappa shape index (κ2) is 10.5. The normalized spacial score (nSPS) is 21.2. The van der Waals surface area contributed by atoms with Crippen molar-refractivity contribution in [3.8, 4) is 0 Å². The maximum atomic E-state index is 14.3. The van der Waals surface area contributed by atoms with Crippen LogP contribution < -0.4 is 0 Å². The van der Waals surface area contributed by atoms with Crippen molar-refractivity contribution < 1.29 is 14.6 Å². The average molecular weight is 568 g/mol. The molecular formula is C32H36Cl2N2O3. The number of benzene rings is 3. The first-order valence-corrected chi connectivity index (χ1v) is 14.2. The molecule has 7 heteroatoms. The van der Waals surface area contributed by atoms with Gasteiger partial charge in [0.25, 0.3) is 5.91 Å². The number of hydrogen-bond donors (Lipinski definition) is 1. The number of carbonyl (C=O) groups excluding carboxylic acids is 1. The van der Waals surface area contributed by atoms with E-state index in [1.165, 1.54) is 0 Å². The summed E-state index contributed by atoms with van der Waals surface area (Å²) in [5.41, 5.74) is 1.64. The van der Waals surface area contributed by atoms with Crippen molar-refractivity contribution >= 4 is 29.1 Å². The Balaban J connectivity index is 1.68. The summed E-state index contributed by atoms with van der Waals surface area (Å²) in [5.74, 6) is -0.140. The molecule has 3 aromatic carbocycles. The summed E-state index contributed by atoms with van der Waals surface area (Å²) in [6.07, 6.45) is 3.25. The minimum Gasteiger partial charge on any atom is -0.384 e. The van der Waals surface area contributed by atoms with Crippen molar-refractivity contribution in [3.05, 3.63) is 105 Å². The molecule has 0 spiro atoms. The Bertz CT molecular complexity index is 1350. The van der Waals surface area contributed by atoms with E-state index < -0.39 is 11.3 Å². The van der Waals surface area contributed by atoms with Gasteiger partial charge in [-0.1, -0.05) is 66.5 Å². The Morgan fingerprint density at radius 1 is 1.00 bits per heavy atom. The van der Waals surface area contributed by atoms with Gasteiger partial charge in [-0.25, -0.2) is 0 Å². The Labute approximate surface area is 241 Å². The summed E-state index contributed by atoms with van der Waals surface area (Å²) in [5, 5.41) is 12.6. The number of rotatable bonds is 10. The molecule has 0 saturated heterocycles. The maximum absolute atomic E-state index is 14.3. The molecule has 1 aliphatic carbocycles. The molecule has 2 unspecified atom stereocenters. The molecule has 2 aliphatic rings. The molecule has 1 amide bonds. The second-order valence-electron chi connectivity index (χ2n) is 11.6. The molecule has 5 rings (SSSR count). The van der Waals surface area contributed by atoms with Crippen LogP contribution in [0.15, 0.2) is 66.7 Å². The summed E-state index contributed by atoms with van der Waals surface area (Å²) in [6.45, 7) is 5.27. The first kappa shape index (κ1) is 28.1. The van der Waals surface area contributed by atoms with E-state index in [2.05, 4.69) is 6.92 Å². The summed E-state index contributed by atoms with van der Waals surface area (Å²) < 4.78 is 7.00. The van der Waals surface area contributed by atoms with Crippen LogP contribution in [0.4, 0.5) is 0 Å². The van der Waals surface area contributed by atoms with Gasteiger partial charge in [0.2, 0.25) is 0 Å². The number of amides is 1. The van der Waals surface area contributed by atoms with Crippen molar-refractivity contribution in [1.29, 1.82) is 0 Å².